The van der Waals surface area contributed by atoms with Gasteiger partial charge < -0.3 is 51.5 Å². The van der Waals surface area contributed by atoms with Crippen molar-refractivity contribution in [1.82, 2.24) is 0 Å². The Labute approximate surface area is 326 Å². The molecule has 6 atom stereocenters. The molecule has 0 aromatic carbocycles. The topological polar surface area (TPSA) is 109 Å². The molecule has 8 nitrogen and oxygen atoms in total. The summed E-state index contributed by atoms with van der Waals surface area (Å²) in [7, 11) is 4.29. The molecule has 0 spiro atoms. The highest BCUT2D eigenvalue weighted by atomic mass is 35.5. The van der Waals surface area contributed by atoms with E-state index in [9.17, 15) is 20.4 Å². The zero-order valence-corrected chi connectivity index (χ0v) is 34.9. The molecule has 1 unspecified atom stereocenters. The molecule has 1 saturated heterocycles. The van der Waals surface area contributed by atoms with Gasteiger partial charge in [0.15, 0.2) is 6.29 Å². The lowest BCUT2D eigenvalue weighted by Gasteiger charge is -2.40. The first-order chi connectivity index (χ1) is 24.7. The van der Waals surface area contributed by atoms with Gasteiger partial charge in [-0.2, -0.15) is 0 Å². The second-order valence-electron chi connectivity index (χ2n) is 15.9. The highest BCUT2D eigenvalue weighted by Gasteiger charge is 2.44. The predicted octanol–water partition coefficient (Wildman–Crippen LogP) is 5.78. The van der Waals surface area contributed by atoms with E-state index in [1.54, 1.807) is 0 Å². The summed E-state index contributed by atoms with van der Waals surface area (Å²) in [6.45, 7) is 6.62. The monoisotopic (exact) mass is 762 g/mol. The van der Waals surface area contributed by atoms with Crippen molar-refractivity contribution >= 4 is 0 Å². The lowest BCUT2D eigenvalue weighted by atomic mass is 9.99. The Morgan fingerprint density at radius 2 is 1.10 bits per heavy atom. The maximum atomic E-state index is 10.7. The number of hydrogen-bond acceptors (Lipinski definition) is 7. The molecule has 1 aliphatic heterocycles. The second kappa shape index (κ2) is 34.9. The normalized spacial score (nSPS) is 21.7. The Balaban J connectivity index is 0.0000260. The SMILES string of the molecule is CCCCC/C=C\C/C=C\CCCCCCCCO[C@@H]1O[C@H](COCC(O)C[N+](C)(C)CCCCCCCCCCCCCC)[C@@H](O)[C@H](O)[C@H]1O.[Cl-]. The Morgan fingerprint density at radius 3 is 1.67 bits per heavy atom. The van der Waals surface area contributed by atoms with Crippen LogP contribution in [0.5, 0.6) is 0 Å². The van der Waals surface area contributed by atoms with Crippen LogP contribution in [0.3, 0.4) is 0 Å². The summed E-state index contributed by atoms with van der Waals surface area (Å²) >= 11 is 0. The molecule has 4 N–H and O–H groups in total. The molecule has 52 heavy (non-hydrogen) atoms. The highest BCUT2D eigenvalue weighted by Crippen LogP contribution is 2.23. The number of rotatable bonds is 35. The standard InChI is InChI=1S/C43H84NO7.ClH/c1-5-7-9-11-13-15-17-19-20-21-22-24-26-28-30-32-34-50-43-42(48)41(47)40(46)39(51-43)37-49-36-38(45)35-44(3,4)33-31-29-27-25-23-18-16-14-12-10-8-6-2;/h13,15,19-20,38-43,45-48H,5-12,14,16-18,21-37H2,1-4H3;1H/q+1;/p-1/b15-13-,20-19-;/t38?,39-,40-,41+,42-,43-;/m1./s1. The third-order valence-corrected chi connectivity index (χ3v) is 10.2. The zero-order chi connectivity index (χ0) is 37.4. The van der Waals surface area contributed by atoms with Crippen molar-refractivity contribution in [2.45, 2.75) is 205 Å². The van der Waals surface area contributed by atoms with Crippen molar-refractivity contribution in [3.63, 3.8) is 0 Å². The van der Waals surface area contributed by atoms with Gasteiger partial charge in [-0.3, -0.25) is 0 Å². The van der Waals surface area contributed by atoms with Gasteiger partial charge in [0.05, 0.1) is 33.9 Å². The van der Waals surface area contributed by atoms with E-state index >= 15 is 0 Å². The molecule has 0 bridgehead atoms. The van der Waals surface area contributed by atoms with E-state index in [0.29, 0.717) is 13.2 Å². The van der Waals surface area contributed by atoms with E-state index < -0.39 is 36.8 Å². The van der Waals surface area contributed by atoms with E-state index in [2.05, 4.69) is 52.2 Å². The maximum absolute atomic E-state index is 10.7. The van der Waals surface area contributed by atoms with Gasteiger partial charge in [0.2, 0.25) is 0 Å². The van der Waals surface area contributed by atoms with Crippen molar-refractivity contribution in [2.24, 2.45) is 0 Å². The molecule has 0 aliphatic carbocycles. The highest BCUT2D eigenvalue weighted by molar-refractivity contribution is 4.92. The van der Waals surface area contributed by atoms with Crippen LogP contribution in [0.4, 0.5) is 0 Å². The number of ether oxygens (including phenoxy) is 3. The first kappa shape index (κ1) is 51.5. The Kier molecular flexibility index (Phi) is 34.5. The molecule has 0 radical (unpaired) electrons. The fourth-order valence-electron chi connectivity index (χ4n) is 6.90. The summed E-state index contributed by atoms with van der Waals surface area (Å²) in [4.78, 5) is 0. The number of nitrogens with zero attached hydrogens (tertiary/aromatic N) is 1. The van der Waals surface area contributed by atoms with Gasteiger partial charge in [0, 0.05) is 6.61 Å². The predicted molar refractivity (Wildman–Crippen MR) is 212 cm³/mol. The van der Waals surface area contributed by atoms with Gasteiger partial charge in [-0.15, -0.1) is 0 Å². The largest absolute Gasteiger partial charge is 1.00 e. The Bertz CT molecular complexity index is 829. The number of halogens is 1. The maximum Gasteiger partial charge on any atom is 0.186 e. The van der Waals surface area contributed by atoms with Crippen LogP contribution in [0.25, 0.3) is 0 Å². The molecule has 9 heteroatoms. The van der Waals surface area contributed by atoms with Crippen LogP contribution < -0.4 is 12.4 Å². The van der Waals surface area contributed by atoms with Crippen molar-refractivity contribution < 1.29 is 51.5 Å². The fraction of sp³-hybridized carbons (Fsp3) is 0.907. The van der Waals surface area contributed by atoms with E-state index in [1.807, 2.05) is 0 Å². The first-order valence-electron chi connectivity index (χ1n) is 21.4. The van der Waals surface area contributed by atoms with Gasteiger partial charge in [-0.1, -0.05) is 141 Å². The summed E-state index contributed by atoms with van der Waals surface area (Å²) in [6, 6.07) is 0. The lowest BCUT2D eigenvalue weighted by Crippen LogP contribution is -3.00. The minimum Gasteiger partial charge on any atom is -1.00 e. The van der Waals surface area contributed by atoms with Gasteiger partial charge in [0.25, 0.3) is 0 Å². The average Bonchev–Trinajstić information content (AvgIpc) is 3.10. The van der Waals surface area contributed by atoms with E-state index in [-0.39, 0.29) is 25.6 Å². The summed E-state index contributed by atoms with van der Waals surface area (Å²) < 4.78 is 18.1. The third kappa shape index (κ3) is 27.9. The van der Waals surface area contributed by atoms with Crippen LogP contribution in [-0.2, 0) is 14.2 Å². The number of hydrogen-bond donors (Lipinski definition) is 4. The van der Waals surface area contributed by atoms with Crippen LogP contribution in [0.2, 0.25) is 0 Å². The number of aliphatic hydroxyl groups excluding tert-OH is 4. The van der Waals surface area contributed by atoms with Crippen molar-refractivity contribution in [3.8, 4) is 0 Å². The summed E-state index contributed by atoms with van der Waals surface area (Å²) in [6.07, 6.45) is 32.5. The third-order valence-electron chi connectivity index (χ3n) is 10.2. The van der Waals surface area contributed by atoms with Crippen LogP contribution in [-0.4, -0.2) is 109 Å². The molecule has 1 heterocycles. The molecule has 0 saturated carbocycles. The molecule has 1 rings (SSSR count). The average molecular weight is 763 g/mol. The van der Waals surface area contributed by atoms with E-state index in [4.69, 9.17) is 14.2 Å². The van der Waals surface area contributed by atoms with E-state index in [0.717, 1.165) is 49.6 Å². The quantitative estimate of drug-likeness (QED) is 0.0369. The number of quaternary nitrogens is 1. The number of likely N-dealkylation sites (N-methyl/N-ethyl adjacent to an activating group) is 1. The van der Waals surface area contributed by atoms with Gasteiger partial charge in [-0.25, -0.2) is 0 Å². The summed E-state index contributed by atoms with van der Waals surface area (Å²) in [5, 5.41) is 42.0. The van der Waals surface area contributed by atoms with Gasteiger partial charge >= 0.3 is 0 Å². The van der Waals surface area contributed by atoms with Crippen molar-refractivity contribution in [1.29, 1.82) is 0 Å². The molecular weight excluding hydrogens is 678 g/mol. The van der Waals surface area contributed by atoms with Crippen LogP contribution in [0, 0.1) is 0 Å². The Hall–Kier alpha value is -0.550. The second-order valence-corrected chi connectivity index (χ2v) is 15.9. The molecule has 0 amide bonds. The lowest BCUT2D eigenvalue weighted by molar-refractivity contribution is -0.893. The smallest absolute Gasteiger partial charge is 0.186 e. The molecular formula is C43H84ClNO7. The number of unbranched alkanes of at least 4 members (excludes halogenated alkanes) is 20. The molecule has 0 aromatic heterocycles. The fourth-order valence-corrected chi connectivity index (χ4v) is 6.90. The number of allylic oxidation sites excluding steroid dienone is 4. The first-order valence-corrected chi connectivity index (χ1v) is 21.4. The van der Waals surface area contributed by atoms with Crippen LogP contribution in [0.15, 0.2) is 24.3 Å². The van der Waals surface area contributed by atoms with Crippen LogP contribution >= 0.6 is 0 Å². The molecule has 0 aromatic rings. The molecule has 310 valence electrons. The van der Waals surface area contributed by atoms with Crippen molar-refractivity contribution in [3.05, 3.63) is 24.3 Å². The minimum atomic E-state index is -1.38. The van der Waals surface area contributed by atoms with Crippen LogP contribution in [0.1, 0.15) is 168 Å². The summed E-state index contributed by atoms with van der Waals surface area (Å²) in [5.41, 5.74) is 0. The van der Waals surface area contributed by atoms with Crippen molar-refractivity contribution in [2.75, 3.05) is 47.0 Å². The zero-order valence-electron chi connectivity index (χ0n) is 34.1. The van der Waals surface area contributed by atoms with Gasteiger partial charge in [0.1, 0.15) is 37.1 Å². The summed E-state index contributed by atoms with van der Waals surface area (Å²) in [5.74, 6) is 0. The van der Waals surface area contributed by atoms with E-state index in [1.165, 1.54) is 116 Å². The Morgan fingerprint density at radius 1 is 0.615 bits per heavy atom. The molecule has 1 fully saturated rings. The number of aliphatic hydroxyl groups is 4. The van der Waals surface area contributed by atoms with Gasteiger partial charge in [-0.05, 0) is 51.4 Å². The minimum absolute atomic E-state index is 0. The molecule has 1 aliphatic rings.